The minimum Gasteiger partial charge on any atom is -0.497 e. The lowest BCUT2D eigenvalue weighted by Gasteiger charge is -2.61. The van der Waals surface area contributed by atoms with Gasteiger partial charge in [0.05, 0.1) is 13.2 Å². The van der Waals surface area contributed by atoms with E-state index in [0.29, 0.717) is 53.3 Å². The number of methoxy groups -OCH3 is 1. The normalized spacial score (nSPS) is 27.5. The highest BCUT2D eigenvalue weighted by atomic mass is 19.1. The quantitative estimate of drug-likeness (QED) is 0.337. The highest BCUT2D eigenvalue weighted by Gasteiger charge is 2.56. The maximum atomic E-state index is 14.2. The van der Waals surface area contributed by atoms with E-state index in [1.165, 1.54) is 19.6 Å². The molecule has 3 N–H and O–H groups in total. The molecule has 0 radical (unpaired) electrons. The zero-order valence-corrected chi connectivity index (χ0v) is 24.5. The van der Waals surface area contributed by atoms with Gasteiger partial charge in [-0.2, -0.15) is 0 Å². The van der Waals surface area contributed by atoms with E-state index >= 15 is 0 Å². The van der Waals surface area contributed by atoms with Crippen LogP contribution in [0.25, 0.3) is 0 Å². The summed E-state index contributed by atoms with van der Waals surface area (Å²) in [6.45, 7) is 12.5. The maximum absolute atomic E-state index is 14.2. The molecule has 1 amide bonds. The van der Waals surface area contributed by atoms with E-state index in [4.69, 9.17) is 9.73 Å². The molecule has 7 nitrogen and oxygen atoms in total. The standard InChI is InChI=1S/C32H44FN5O2/c1-20-19-38(15-14-34-20)31(37-29-17-24-16-27(21(29)2)32(24,3)4)36-25-9-6-23(7-10-25)30(39)35-13-12-22-8-11-26(40-5)18-28(22)33/h6-11,18,20-21,24,27,29,34H,12-17,19H2,1-5H3,(H,35,39)(H,36,37)/t20-,21-,24?,27?,29?/m0/s1. The maximum Gasteiger partial charge on any atom is 0.251 e. The van der Waals surface area contributed by atoms with Crippen molar-refractivity contribution < 1.29 is 13.9 Å². The molecule has 5 atom stereocenters. The first-order valence-electron chi connectivity index (χ1n) is 14.7. The first-order chi connectivity index (χ1) is 19.2. The van der Waals surface area contributed by atoms with Crippen LogP contribution in [-0.2, 0) is 6.42 Å². The molecule has 2 aromatic carbocycles. The molecule has 6 rings (SSSR count). The Hall–Kier alpha value is -3.13. The van der Waals surface area contributed by atoms with Crippen molar-refractivity contribution in [2.24, 2.45) is 28.2 Å². The molecule has 2 aromatic rings. The van der Waals surface area contributed by atoms with Gasteiger partial charge in [0.25, 0.3) is 5.91 Å². The zero-order chi connectivity index (χ0) is 28.4. The third-order valence-corrected chi connectivity index (χ3v) is 9.61. The molecule has 3 saturated carbocycles. The fourth-order valence-corrected chi connectivity index (χ4v) is 6.87. The van der Waals surface area contributed by atoms with Crippen LogP contribution in [-0.4, -0.2) is 62.1 Å². The van der Waals surface area contributed by atoms with Gasteiger partial charge in [-0.25, -0.2) is 9.38 Å². The number of rotatable bonds is 7. The third-order valence-electron chi connectivity index (χ3n) is 9.61. The molecule has 0 aromatic heterocycles. The smallest absolute Gasteiger partial charge is 0.251 e. The van der Waals surface area contributed by atoms with E-state index in [0.717, 1.165) is 49.5 Å². The van der Waals surface area contributed by atoms with Gasteiger partial charge >= 0.3 is 0 Å². The topological polar surface area (TPSA) is 78.0 Å². The van der Waals surface area contributed by atoms with Gasteiger partial charge in [0, 0.05) is 49.5 Å². The number of guanidine groups is 1. The number of amides is 1. The minimum absolute atomic E-state index is 0.178. The Balaban J connectivity index is 1.22. The van der Waals surface area contributed by atoms with Crippen molar-refractivity contribution in [3.05, 3.63) is 59.4 Å². The number of nitrogens with one attached hydrogen (secondary N) is 3. The Morgan fingerprint density at radius 1 is 1.18 bits per heavy atom. The number of hydrogen-bond donors (Lipinski definition) is 3. The molecule has 1 heterocycles. The van der Waals surface area contributed by atoms with E-state index < -0.39 is 0 Å². The third kappa shape index (κ3) is 5.97. The second-order valence-corrected chi connectivity index (χ2v) is 12.4. The van der Waals surface area contributed by atoms with Gasteiger partial charge in [-0.3, -0.25) is 4.79 Å². The van der Waals surface area contributed by atoms with Gasteiger partial charge in [-0.15, -0.1) is 0 Å². The van der Waals surface area contributed by atoms with Crippen LogP contribution in [0.3, 0.4) is 0 Å². The molecule has 0 spiro atoms. The number of carbonyl (C=O) groups excluding carboxylic acids is 1. The molecular formula is C32H44FN5O2. The number of carbonyl (C=O) groups is 1. The monoisotopic (exact) mass is 549 g/mol. The SMILES string of the molecule is COc1ccc(CCNC(=O)c2ccc(NC(=NC3CC4CC([C@@H]3C)C4(C)C)N3CCN[C@@H](C)C3)cc2)c(F)c1. The number of ether oxygens (including phenoxy) is 1. The first kappa shape index (κ1) is 28.4. The van der Waals surface area contributed by atoms with Gasteiger partial charge < -0.3 is 25.6 Å². The molecule has 3 unspecified atom stereocenters. The van der Waals surface area contributed by atoms with E-state index in [2.05, 4.69) is 48.5 Å². The summed E-state index contributed by atoms with van der Waals surface area (Å²) in [6, 6.07) is 13.0. The molecule has 1 saturated heterocycles. The molecule has 8 heteroatoms. The van der Waals surface area contributed by atoms with Crippen molar-refractivity contribution >= 4 is 17.6 Å². The Bertz CT molecular complexity index is 1230. The molecule has 4 fully saturated rings. The second kappa shape index (κ2) is 11.8. The van der Waals surface area contributed by atoms with Crippen molar-refractivity contribution in [2.45, 2.75) is 59.0 Å². The lowest BCUT2D eigenvalue weighted by molar-refractivity contribution is -0.108. The predicted octanol–water partition coefficient (Wildman–Crippen LogP) is 4.94. The van der Waals surface area contributed by atoms with Gasteiger partial charge in [0.2, 0.25) is 0 Å². The summed E-state index contributed by atoms with van der Waals surface area (Å²) in [5.74, 6) is 2.96. The molecule has 216 valence electrons. The van der Waals surface area contributed by atoms with Gasteiger partial charge in [0.15, 0.2) is 5.96 Å². The number of hydrogen-bond acceptors (Lipinski definition) is 4. The fourth-order valence-electron chi connectivity index (χ4n) is 6.87. The zero-order valence-electron chi connectivity index (χ0n) is 24.5. The second-order valence-electron chi connectivity index (χ2n) is 12.4. The number of nitrogens with zero attached hydrogens (tertiary/aromatic N) is 2. The Kier molecular flexibility index (Phi) is 8.36. The van der Waals surface area contributed by atoms with Crippen molar-refractivity contribution in [1.82, 2.24) is 15.5 Å². The van der Waals surface area contributed by atoms with Crippen LogP contribution in [0.2, 0.25) is 0 Å². The molecule has 3 aliphatic carbocycles. The molecule has 40 heavy (non-hydrogen) atoms. The van der Waals surface area contributed by atoms with Crippen LogP contribution in [0.15, 0.2) is 47.5 Å². The summed E-state index contributed by atoms with van der Waals surface area (Å²) in [4.78, 5) is 20.4. The highest BCUT2D eigenvalue weighted by molar-refractivity contribution is 5.96. The van der Waals surface area contributed by atoms with Crippen LogP contribution in [0, 0.1) is 29.0 Å². The fraction of sp³-hybridized carbons (Fsp3) is 0.562. The van der Waals surface area contributed by atoms with Gasteiger partial charge in [-0.05, 0) is 85.3 Å². The lowest BCUT2D eigenvalue weighted by Crippen LogP contribution is -2.57. The number of anilines is 1. The van der Waals surface area contributed by atoms with E-state index in [1.807, 2.05) is 24.3 Å². The summed E-state index contributed by atoms with van der Waals surface area (Å²) in [5.41, 5.74) is 2.46. The number of halogens is 1. The number of benzene rings is 2. The van der Waals surface area contributed by atoms with Crippen LogP contribution < -0.4 is 20.7 Å². The summed E-state index contributed by atoms with van der Waals surface area (Å²) >= 11 is 0. The number of fused-ring (bicyclic) bond motifs is 2. The Labute approximate surface area is 238 Å². The average molecular weight is 550 g/mol. The predicted molar refractivity (Wildman–Crippen MR) is 158 cm³/mol. The average Bonchev–Trinajstić information content (AvgIpc) is 2.94. The summed E-state index contributed by atoms with van der Waals surface area (Å²) < 4.78 is 19.2. The van der Waals surface area contributed by atoms with Gasteiger partial charge in [-0.1, -0.05) is 26.8 Å². The van der Waals surface area contributed by atoms with E-state index in [9.17, 15) is 9.18 Å². The summed E-state index contributed by atoms with van der Waals surface area (Å²) in [5, 5.41) is 10.0. The van der Waals surface area contributed by atoms with Crippen molar-refractivity contribution in [1.29, 1.82) is 0 Å². The largest absolute Gasteiger partial charge is 0.497 e. The molecular weight excluding hydrogens is 505 g/mol. The van der Waals surface area contributed by atoms with Gasteiger partial charge in [0.1, 0.15) is 11.6 Å². The lowest BCUT2D eigenvalue weighted by atomic mass is 9.45. The summed E-state index contributed by atoms with van der Waals surface area (Å²) in [6.07, 6.45) is 2.89. The van der Waals surface area contributed by atoms with E-state index in [1.54, 1.807) is 12.1 Å². The van der Waals surface area contributed by atoms with E-state index in [-0.39, 0.29) is 11.7 Å². The Morgan fingerprint density at radius 3 is 2.60 bits per heavy atom. The highest BCUT2D eigenvalue weighted by Crippen LogP contribution is 2.61. The van der Waals surface area contributed by atoms with Crippen molar-refractivity contribution in [2.75, 3.05) is 38.6 Å². The Morgan fingerprint density at radius 2 is 1.95 bits per heavy atom. The first-order valence-corrected chi connectivity index (χ1v) is 14.7. The minimum atomic E-state index is -0.330. The van der Waals surface area contributed by atoms with Crippen LogP contribution in [0.4, 0.5) is 10.1 Å². The molecule has 2 bridgehead atoms. The summed E-state index contributed by atoms with van der Waals surface area (Å²) in [7, 11) is 1.51. The number of piperazine rings is 1. The molecule has 1 aliphatic heterocycles. The van der Waals surface area contributed by atoms with Crippen LogP contribution in [0.5, 0.6) is 5.75 Å². The van der Waals surface area contributed by atoms with Crippen LogP contribution in [0.1, 0.15) is 56.5 Å². The van der Waals surface area contributed by atoms with Crippen molar-refractivity contribution in [3.63, 3.8) is 0 Å². The number of aliphatic imine (C=N–C) groups is 1. The van der Waals surface area contributed by atoms with Crippen LogP contribution >= 0.6 is 0 Å². The molecule has 4 aliphatic rings. The van der Waals surface area contributed by atoms with Crippen molar-refractivity contribution in [3.8, 4) is 5.75 Å².